The van der Waals surface area contributed by atoms with E-state index in [2.05, 4.69) is 9.47 Å². The Labute approximate surface area is 66.9 Å². The van der Waals surface area contributed by atoms with Crippen LogP contribution >= 0.6 is 0 Å². The molecular weight excluding hydrogens is 181 g/mol. The van der Waals surface area contributed by atoms with E-state index in [1.54, 1.807) is 0 Å². The summed E-state index contributed by atoms with van der Waals surface area (Å²) in [4.78, 5) is 9.74. The molecule has 7 heteroatoms. The number of hydrogen-bond acceptors (Lipinski definition) is 4. The highest BCUT2D eigenvalue weighted by Gasteiger charge is 2.22. The average Bonchev–Trinajstić information content (AvgIpc) is 2.03. The van der Waals surface area contributed by atoms with Gasteiger partial charge in [-0.05, 0) is 0 Å². The molecule has 0 aliphatic rings. The summed E-state index contributed by atoms with van der Waals surface area (Å²) in [6, 6.07) is 0. The Morgan fingerprint density at radius 1 is 1.42 bits per heavy atom. The lowest BCUT2D eigenvalue weighted by Crippen LogP contribution is -2.15. The Morgan fingerprint density at radius 3 is 1.67 bits per heavy atom. The van der Waals surface area contributed by atoms with Gasteiger partial charge in [0.1, 0.15) is 0 Å². The smallest absolute Gasteiger partial charge is 0.438 e. The van der Waals surface area contributed by atoms with Crippen LogP contribution in [0.1, 0.15) is 0 Å². The zero-order valence-corrected chi connectivity index (χ0v) is 6.51. The van der Waals surface area contributed by atoms with Gasteiger partial charge in [0.25, 0.3) is 0 Å². The van der Waals surface area contributed by atoms with Crippen molar-refractivity contribution in [2.24, 2.45) is 0 Å². The number of carbonyl (C=O) groups is 1. The zero-order chi connectivity index (χ0) is 10.2. The van der Waals surface area contributed by atoms with E-state index < -0.39 is 18.9 Å². The van der Waals surface area contributed by atoms with E-state index in [1.165, 1.54) is 14.2 Å². The van der Waals surface area contributed by atoms with Gasteiger partial charge in [0.15, 0.2) is 6.67 Å². The molecule has 0 saturated carbocycles. The number of carbonyl (C=O) groups excluding carboxylic acids is 1. The molecule has 0 atom stereocenters. The largest absolute Gasteiger partial charge is 0.507 e. The minimum absolute atomic E-state index is 0.657. The molecule has 0 saturated heterocycles. The van der Waals surface area contributed by atoms with Gasteiger partial charge in [-0.1, -0.05) is 0 Å². The lowest BCUT2D eigenvalue weighted by molar-refractivity contribution is -0.208. The highest BCUT2D eigenvalue weighted by molar-refractivity contribution is 5.59. The van der Waals surface area contributed by atoms with E-state index in [0.29, 0.717) is 0 Å². The molecular formula is C5H9F3O4. The quantitative estimate of drug-likeness (QED) is 0.625. The Morgan fingerprint density at radius 2 is 1.67 bits per heavy atom. The third-order valence-electron chi connectivity index (χ3n) is 0.494. The first kappa shape index (κ1) is 13.6. The van der Waals surface area contributed by atoms with Crippen LogP contribution in [0.3, 0.4) is 0 Å². The highest BCUT2D eigenvalue weighted by atomic mass is 19.3. The van der Waals surface area contributed by atoms with Crippen molar-refractivity contribution in [2.45, 2.75) is 6.11 Å². The molecule has 0 radical (unpaired) electrons. The molecule has 0 aromatic heterocycles. The molecule has 74 valence electrons. The molecule has 0 heterocycles. The van der Waals surface area contributed by atoms with Gasteiger partial charge < -0.3 is 14.6 Å². The van der Waals surface area contributed by atoms with Gasteiger partial charge in [-0.25, -0.2) is 9.18 Å². The van der Waals surface area contributed by atoms with Crippen molar-refractivity contribution in [1.29, 1.82) is 0 Å². The van der Waals surface area contributed by atoms with Crippen LogP contribution in [0, 0.1) is 0 Å². The second-order valence-corrected chi connectivity index (χ2v) is 1.46. The molecule has 4 nitrogen and oxygen atoms in total. The molecule has 0 spiro atoms. The Balaban J connectivity index is 0. The number of aliphatic hydroxyl groups is 1. The van der Waals surface area contributed by atoms with Crippen molar-refractivity contribution in [3.05, 3.63) is 0 Å². The maximum absolute atomic E-state index is 10.6. The summed E-state index contributed by atoms with van der Waals surface area (Å²) in [5.74, 6) is 0. The third kappa shape index (κ3) is 16.0. The van der Waals surface area contributed by atoms with Gasteiger partial charge in [0, 0.05) is 0 Å². The monoisotopic (exact) mass is 190 g/mol. The molecule has 0 amide bonds. The van der Waals surface area contributed by atoms with Crippen LogP contribution in [0.25, 0.3) is 0 Å². The fraction of sp³-hybridized carbons (Fsp3) is 0.800. The van der Waals surface area contributed by atoms with Crippen LogP contribution in [-0.2, 0) is 9.47 Å². The number of methoxy groups -OCH3 is 2. The van der Waals surface area contributed by atoms with Crippen molar-refractivity contribution in [1.82, 2.24) is 0 Å². The fourth-order valence-electron chi connectivity index (χ4n) is 0.0833. The summed E-state index contributed by atoms with van der Waals surface area (Å²) in [6.45, 7) is -2.01. The summed E-state index contributed by atoms with van der Waals surface area (Å²) in [5.41, 5.74) is 0. The lowest BCUT2D eigenvalue weighted by atomic mass is 10.7. The zero-order valence-electron chi connectivity index (χ0n) is 6.51. The maximum atomic E-state index is 10.6. The van der Waals surface area contributed by atoms with Gasteiger partial charge in [0.2, 0.25) is 0 Å². The summed E-state index contributed by atoms with van der Waals surface area (Å²) < 4.78 is 39.8. The minimum Gasteiger partial charge on any atom is -0.438 e. The van der Waals surface area contributed by atoms with Crippen molar-refractivity contribution < 1.29 is 32.5 Å². The first-order valence-corrected chi connectivity index (χ1v) is 2.65. The minimum atomic E-state index is -4.12. The number of alkyl halides is 3. The molecule has 0 fully saturated rings. The summed E-state index contributed by atoms with van der Waals surface area (Å²) >= 11 is 0. The molecule has 12 heavy (non-hydrogen) atoms. The van der Waals surface area contributed by atoms with E-state index in [0.717, 1.165) is 0 Å². The highest BCUT2D eigenvalue weighted by Crippen LogP contribution is 2.06. The van der Waals surface area contributed by atoms with Crippen LogP contribution < -0.4 is 0 Å². The van der Waals surface area contributed by atoms with Crippen LogP contribution in [0.15, 0.2) is 0 Å². The lowest BCUT2D eigenvalue weighted by Gasteiger charge is -1.97. The average molecular weight is 190 g/mol. The summed E-state index contributed by atoms with van der Waals surface area (Å²) in [7, 11) is 2.51. The molecule has 1 N–H and O–H groups in total. The van der Waals surface area contributed by atoms with Gasteiger partial charge in [-0.2, -0.15) is 8.78 Å². The number of ether oxygens (including phenoxy) is 2. The van der Waals surface area contributed by atoms with Crippen LogP contribution in [0.5, 0.6) is 0 Å². The Bertz CT molecular complexity index is 116. The number of hydrogen-bond donors (Lipinski definition) is 1. The van der Waals surface area contributed by atoms with Crippen molar-refractivity contribution >= 4 is 6.16 Å². The van der Waals surface area contributed by atoms with Gasteiger partial charge in [0.05, 0.1) is 14.2 Å². The molecule has 0 aliphatic carbocycles. The molecule has 0 bridgehead atoms. The first-order chi connectivity index (χ1) is 5.37. The number of halogens is 3. The Kier molecular flexibility index (Phi) is 7.61. The molecule has 0 aromatic carbocycles. The van der Waals surface area contributed by atoms with E-state index >= 15 is 0 Å². The fourth-order valence-corrected chi connectivity index (χ4v) is 0.0833. The molecule has 0 rings (SSSR count). The topological polar surface area (TPSA) is 55.8 Å². The van der Waals surface area contributed by atoms with Crippen molar-refractivity contribution in [3.8, 4) is 0 Å². The Hall–Kier alpha value is -0.980. The van der Waals surface area contributed by atoms with Gasteiger partial charge in [-0.3, -0.25) is 0 Å². The van der Waals surface area contributed by atoms with Crippen molar-refractivity contribution in [3.63, 3.8) is 0 Å². The van der Waals surface area contributed by atoms with Gasteiger partial charge in [-0.15, -0.1) is 0 Å². The second-order valence-electron chi connectivity index (χ2n) is 1.46. The predicted octanol–water partition coefficient (Wildman–Crippen LogP) is 0.940. The van der Waals surface area contributed by atoms with Gasteiger partial charge >= 0.3 is 12.3 Å². The van der Waals surface area contributed by atoms with Crippen molar-refractivity contribution in [2.75, 3.05) is 20.9 Å². The van der Waals surface area contributed by atoms with E-state index in [9.17, 15) is 18.0 Å². The summed E-state index contributed by atoms with van der Waals surface area (Å²) in [5, 5.41) is 7.12. The van der Waals surface area contributed by atoms with Crippen LogP contribution in [-0.4, -0.2) is 38.3 Å². The maximum Gasteiger partial charge on any atom is 0.507 e. The van der Waals surface area contributed by atoms with E-state index in [4.69, 9.17) is 5.11 Å². The third-order valence-corrected chi connectivity index (χ3v) is 0.494. The van der Waals surface area contributed by atoms with Crippen LogP contribution in [0.4, 0.5) is 18.0 Å². The predicted molar refractivity (Wildman–Crippen MR) is 32.6 cm³/mol. The molecule has 0 aromatic rings. The SMILES string of the molecule is COC(=O)OC.OC(F)(F)CF. The van der Waals surface area contributed by atoms with E-state index in [1.807, 2.05) is 0 Å². The first-order valence-electron chi connectivity index (χ1n) is 2.65. The number of rotatable bonds is 1. The normalized spacial score (nSPS) is 9.50. The summed E-state index contributed by atoms with van der Waals surface area (Å²) in [6.07, 6.45) is -4.78. The molecule has 0 aliphatic heterocycles. The van der Waals surface area contributed by atoms with Crippen LogP contribution in [0.2, 0.25) is 0 Å². The molecule has 0 unspecified atom stereocenters. The second kappa shape index (κ2) is 6.71. The standard InChI is InChI=1S/C3H6O3.C2H3F3O/c1-5-3(4)6-2;3-1-2(4,5)6/h1-2H3;6H,1H2. The van der Waals surface area contributed by atoms with E-state index in [-0.39, 0.29) is 0 Å².